The lowest BCUT2D eigenvalue weighted by atomic mass is 9.70. The first-order chi connectivity index (χ1) is 13.1. The summed E-state index contributed by atoms with van der Waals surface area (Å²) in [4.78, 5) is 0. The first-order valence-electron chi connectivity index (χ1n) is 10.7. The van der Waals surface area contributed by atoms with Gasteiger partial charge in [-0.2, -0.15) is 0 Å². The summed E-state index contributed by atoms with van der Waals surface area (Å²) in [6, 6.07) is 11.2. The number of hydrogen-bond donors (Lipinski definition) is 0. The van der Waals surface area contributed by atoms with E-state index in [9.17, 15) is 8.78 Å². The fourth-order valence-corrected chi connectivity index (χ4v) is 5.29. The molecule has 0 atom stereocenters. The fourth-order valence-electron chi connectivity index (χ4n) is 5.29. The van der Waals surface area contributed by atoms with Gasteiger partial charge in [0.1, 0.15) is 11.6 Å². The normalized spacial score (nSPS) is 24.1. The summed E-state index contributed by atoms with van der Waals surface area (Å²) in [7, 11) is 0. The molecular weight excluding hydrogens is 338 g/mol. The van der Waals surface area contributed by atoms with Gasteiger partial charge in [-0.15, -0.1) is 0 Å². The second kappa shape index (κ2) is 8.12. The Morgan fingerprint density at radius 3 is 1.81 bits per heavy atom. The van der Waals surface area contributed by atoms with Crippen LogP contribution in [0.4, 0.5) is 8.78 Å². The van der Waals surface area contributed by atoms with Crippen molar-refractivity contribution in [3.05, 3.63) is 59.2 Å². The minimum Gasteiger partial charge on any atom is -0.207 e. The van der Waals surface area contributed by atoms with E-state index in [0.29, 0.717) is 11.5 Å². The van der Waals surface area contributed by atoms with E-state index >= 15 is 0 Å². The van der Waals surface area contributed by atoms with Crippen LogP contribution in [0.25, 0.3) is 11.1 Å². The Kier molecular flexibility index (Phi) is 5.61. The molecule has 0 N–H and O–H groups in total. The largest absolute Gasteiger partial charge is 0.207 e. The summed E-state index contributed by atoms with van der Waals surface area (Å²) in [5.41, 5.74) is 2.97. The molecule has 0 nitrogen and oxygen atoms in total. The molecule has 2 aliphatic carbocycles. The van der Waals surface area contributed by atoms with Crippen molar-refractivity contribution in [2.45, 2.75) is 70.6 Å². The zero-order valence-corrected chi connectivity index (χ0v) is 16.3. The molecule has 0 radical (unpaired) electrons. The molecule has 0 aliphatic heterocycles. The highest BCUT2D eigenvalue weighted by Gasteiger charge is 2.29. The van der Waals surface area contributed by atoms with E-state index in [-0.39, 0.29) is 5.56 Å². The quantitative estimate of drug-likeness (QED) is 0.518. The molecule has 27 heavy (non-hydrogen) atoms. The van der Waals surface area contributed by atoms with Crippen molar-refractivity contribution >= 4 is 0 Å². The van der Waals surface area contributed by atoms with E-state index in [1.54, 1.807) is 0 Å². The molecule has 0 heterocycles. The molecule has 2 fully saturated rings. The molecule has 2 aromatic carbocycles. The lowest BCUT2D eigenvalue weighted by molar-refractivity contribution is 0.186. The molecule has 0 saturated heterocycles. The predicted molar refractivity (Wildman–Crippen MR) is 108 cm³/mol. The topological polar surface area (TPSA) is 0 Å². The standard InChI is InChI=1S/C25H30F2/c1-17-24(26)15-23(16-25(17)27)22-13-11-21(12-14-22)20-9-7-19(8-10-20)18-5-3-2-4-6-18/h11-16,18-20H,2-10H2,1H3. The Morgan fingerprint density at radius 2 is 1.22 bits per heavy atom. The maximum Gasteiger partial charge on any atom is 0.129 e. The zero-order valence-electron chi connectivity index (χ0n) is 16.3. The summed E-state index contributed by atoms with van der Waals surface area (Å²) in [6.07, 6.45) is 12.5. The van der Waals surface area contributed by atoms with Crippen LogP contribution >= 0.6 is 0 Å². The second-order valence-corrected chi connectivity index (χ2v) is 8.70. The van der Waals surface area contributed by atoms with Crippen LogP contribution in [0.2, 0.25) is 0 Å². The van der Waals surface area contributed by atoms with Crippen LogP contribution in [0.15, 0.2) is 36.4 Å². The van der Waals surface area contributed by atoms with Gasteiger partial charge in [-0.1, -0.05) is 56.4 Å². The summed E-state index contributed by atoms with van der Waals surface area (Å²) < 4.78 is 27.7. The van der Waals surface area contributed by atoms with Crippen molar-refractivity contribution in [3.8, 4) is 11.1 Å². The molecule has 0 bridgehead atoms. The van der Waals surface area contributed by atoms with Crippen LogP contribution < -0.4 is 0 Å². The van der Waals surface area contributed by atoms with Crippen LogP contribution in [0.5, 0.6) is 0 Å². The van der Waals surface area contributed by atoms with Crippen molar-refractivity contribution in [2.24, 2.45) is 11.8 Å². The average Bonchev–Trinajstić information content (AvgIpc) is 2.72. The summed E-state index contributed by atoms with van der Waals surface area (Å²) in [5.74, 6) is 1.61. The highest BCUT2D eigenvalue weighted by molar-refractivity contribution is 5.64. The van der Waals surface area contributed by atoms with E-state index in [0.717, 1.165) is 17.4 Å². The van der Waals surface area contributed by atoms with Crippen LogP contribution in [-0.2, 0) is 0 Å². The Bertz CT molecular complexity index is 740. The Morgan fingerprint density at radius 1 is 0.667 bits per heavy atom. The number of hydrogen-bond acceptors (Lipinski definition) is 0. The van der Waals surface area contributed by atoms with E-state index in [1.165, 1.54) is 82.4 Å². The first-order valence-corrected chi connectivity index (χ1v) is 10.7. The van der Waals surface area contributed by atoms with Gasteiger partial charge in [0.05, 0.1) is 0 Å². The van der Waals surface area contributed by atoms with Gasteiger partial charge in [-0.05, 0) is 79.2 Å². The highest BCUT2D eigenvalue weighted by Crippen LogP contribution is 2.43. The lowest BCUT2D eigenvalue weighted by Crippen LogP contribution is -2.23. The van der Waals surface area contributed by atoms with Gasteiger partial charge in [0.15, 0.2) is 0 Å². The van der Waals surface area contributed by atoms with Crippen molar-refractivity contribution in [3.63, 3.8) is 0 Å². The van der Waals surface area contributed by atoms with Crippen LogP contribution in [0.3, 0.4) is 0 Å². The van der Waals surface area contributed by atoms with Gasteiger partial charge in [0.25, 0.3) is 0 Å². The summed E-state index contributed by atoms with van der Waals surface area (Å²) in [5, 5.41) is 0. The molecule has 2 saturated carbocycles. The molecule has 4 rings (SSSR count). The van der Waals surface area contributed by atoms with Gasteiger partial charge in [-0.25, -0.2) is 8.78 Å². The molecule has 0 aromatic heterocycles. The molecule has 0 unspecified atom stereocenters. The van der Waals surface area contributed by atoms with E-state index in [2.05, 4.69) is 12.1 Å². The van der Waals surface area contributed by atoms with E-state index in [1.807, 2.05) is 12.1 Å². The van der Waals surface area contributed by atoms with Crippen molar-refractivity contribution in [2.75, 3.05) is 0 Å². The molecular formula is C25H30F2. The van der Waals surface area contributed by atoms with Gasteiger partial charge < -0.3 is 0 Å². The molecule has 2 aliphatic rings. The minimum atomic E-state index is -0.477. The summed E-state index contributed by atoms with van der Waals surface area (Å²) in [6.45, 7) is 1.47. The number of benzene rings is 2. The van der Waals surface area contributed by atoms with Crippen molar-refractivity contribution in [1.29, 1.82) is 0 Å². The Balaban J connectivity index is 1.41. The summed E-state index contributed by atoms with van der Waals surface area (Å²) >= 11 is 0. The minimum absolute atomic E-state index is 0.0881. The number of halogens is 2. The molecule has 0 amide bonds. The van der Waals surface area contributed by atoms with E-state index < -0.39 is 11.6 Å². The van der Waals surface area contributed by atoms with Crippen LogP contribution in [0.1, 0.15) is 74.8 Å². The van der Waals surface area contributed by atoms with Crippen molar-refractivity contribution in [1.82, 2.24) is 0 Å². The second-order valence-electron chi connectivity index (χ2n) is 8.70. The monoisotopic (exact) mass is 368 g/mol. The van der Waals surface area contributed by atoms with Gasteiger partial charge >= 0.3 is 0 Å². The van der Waals surface area contributed by atoms with E-state index in [4.69, 9.17) is 0 Å². The fraction of sp³-hybridized carbons (Fsp3) is 0.520. The Labute approximate surface area is 162 Å². The third kappa shape index (κ3) is 4.10. The smallest absolute Gasteiger partial charge is 0.129 e. The highest BCUT2D eigenvalue weighted by atomic mass is 19.1. The molecule has 0 spiro atoms. The third-order valence-corrected chi connectivity index (χ3v) is 7.08. The van der Waals surface area contributed by atoms with Crippen LogP contribution in [-0.4, -0.2) is 0 Å². The van der Waals surface area contributed by atoms with Gasteiger partial charge in [0, 0.05) is 5.56 Å². The SMILES string of the molecule is Cc1c(F)cc(-c2ccc(C3CCC(C4CCCCC4)CC3)cc2)cc1F. The molecule has 144 valence electrons. The zero-order chi connectivity index (χ0) is 18.8. The first kappa shape index (κ1) is 18.7. The molecule has 2 heteroatoms. The maximum atomic E-state index is 13.8. The Hall–Kier alpha value is -1.70. The van der Waals surface area contributed by atoms with Gasteiger partial charge in [-0.3, -0.25) is 0 Å². The molecule has 2 aromatic rings. The average molecular weight is 369 g/mol. The third-order valence-electron chi connectivity index (χ3n) is 7.08. The van der Waals surface area contributed by atoms with Gasteiger partial charge in [0.2, 0.25) is 0 Å². The lowest BCUT2D eigenvalue weighted by Gasteiger charge is -2.36. The number of rotatable bonds is 3. The van der Waals surface area contributed by atoms with Crippen molar-refractivity contribution < 1.29 is 8.78 Å². The predicted octanol–water partition coefficient (Wildman–Crippen LogP) is 7.79. The van der Waals surface area contributed by atoms with Crippen LogP contribution in [0, 0.1) is 30.4 Å². The maximum absolute atomic E-state index is 13.8.